The molecule has 0 saturated heterocycles. The zero-order chi connectivity index (χ0) is 14.1. The molecular formula is C13H22N2O2S. The molecular weight excluding hydrogens is 248 g/mol. The maximum absolute atomic E-state index is 12.4. The van der Waals surface area contributed by atoms with E-state index in [4.69, 9.17) is 5.73 Å². The fraction of sp³-hybridized carbons (Fsp3) is 0.538. The summed E-state index contributed by atoms with van der Waals surface area (Å²) in [5, 5.41) is 0. The molecule has 0 heterocycles. The Morgan fingerprint density at radius 2 is 1.78 bits per heavy atom. The molecule has 0 saturated carbocycles. The van der Waals surface area contributed by atoms with E-state index >= 15 is 0 Å². The average molecular weight is 270 g/mol. The predicted octanol–water partition coefficient (Wildman–Crippen LogP) is 2.24. The van der Waals surface area contributed by atoms with Crippen molar-refractivity contribution in [1.82, 2.24) is 4.31 Å². The first-order chi connectivity index (χ1) is 8.17. The first kappa shape index (κ1) is 15.0. The van der Waals surface area contributed by atoms with Crippen molar-refractivity contribution in [3.63, 3.8) is 0 Å². The van der Waals surface area contributed by atoms with Gasteiger partial charge in [0.25, 0.3) is 0 Å². The van der Waals surface area contributed by atoms with Crippen LogP contribution in [-0.2, 0) is 10.0 Å². The molecule has 0 aliphatic heterocycles. The van der Waals surface area contributed by atoms with E-state index in [1.54, 1.807) is 32.2 Å². The molecule has 0 radical (unpaired) electrons. The van der Waals surface area contributed by atoms with Crippen LogP contribution in [0, 0.1) is 12.8 Å². The summed E-state index contributed by atoms with van der Waals surface area (Å²) in [7, 11) is -1.83. The van der Waals surface area contributed by atoms with Gasteiger partial charge in [-0.1, -0.05) is 13.8 Å². The number of aryl methyl sites for hydroxylation is 1. The summed E-state index contributed by atoms with van der Waals surface area (Å²) in [5.74, 6) is 0.264. The predicted molar refractivity (Wildman–Crippen MR) is 74.8 cm³/mol. The lowest BCUT2D eigenvalue weighted by atomic mass is 10.1. The van der Waals surface area contributed by atoms with Gasteiger partial charge in [-0.3, -0.25) is 0 Å². The topological polar surface area (TPSA) is 63.4 Å². The number of hydrogen-bond acceptors (Lipinski definition) is 3. The summed E-state index contributed by atoms with van der Waals surface area (Å²) in [6, 6.07) is 4.76. The molecule has 102 valence electrons. The SMILES string of the molecule is Cc1cc(S(=O)(=O)N(C)C(C)C(C)C)ccc1N. The second-order valence-corrected chi connectivity index (χ2v) is 7.02. The quantitative estimate of drug-likeness (QED) is 0.853. The zero-order valence-electron chi connectivity index (χ0n) is 11.6. The normalized spacial score (nSPS) is 14.2. The minimum absolute atomic E-state index is 0.0483. The van der Waals surface area contributed by atoms with Crippen molar-refractivity contribution in [2.75, 3.05) is 12.8 Å². The van der Waals surface area contributed by atoms with E-state index in [-0.39, 0.29) is 12.0 Å². The van der Waals surface area contributed by atoms with Crippen LogP contribution >= 0.6 is 0 Å². The van der Waals surface area contributed by atoms with E-state index in [0.717, 1.165) is 5.56 Å². The highest BCUT2D eigenvalue weighted by atomic mass is 32.2. The van der Waals surface area contributed by atoms with E-state index in [9.17, 15) is 8.42 Å². The number of nitrogens with zero attached hydrogens (tertiary/aromatic N) is 1. The van der Waals surface area contributed by atoms with Crippen molar-refractivity contribution in [3.8, 4) is 0 Å². The van der Waals surface area contributed by atoms with Crippen molar-refractivity contribution in [3.05, 3.63) is 23.8 Å². The molecule has 0 fully saturated rings. The van der Waals surface area contributed by atoms with E-state index in [0.29, 0.717) is 10.6 Å². The van der Waals surface area contributed by atoms with Crippen molar-refractivity contribution in [1.29, 1.82) is 0 Å². The smallest absolute Gasteiger partial charge is 0.243 e. The van der Waals surface area contributed by atoms with Gasteiger partial charge in [-0.25, -0.2) is 8.42 Å². The highest BCUT2D eigenvalue weighted by Gasteiger charge is 2.27. The van der Waals surface area contributed by atoms with Crippen LogP contribution in [0.25, 0.3) is 0 Å². The van der Waals surface area contributed by atoms with Crippen molar-refractivity contribution in [2.45, 2.75) is 38.6 Å². The molecule has 1 rings (SSSR count). The molecule has 5 heteroatoms. The lowest BCUT2D eigenvalue weighted by Gasteiger charge is -2.27. The standard InChI is InChI=1S/C13H22N2O2S/c1-9(2)11(4)15(5)18(16,17)12-6-7-13(14)10(3)8-12/h6-9,11H,14H2,1-5H3. The highest BCUT2D eigenvalue weighted by molar-refractivity contribution is 7.89. The number of nitrogen functional groups attached to an aromatic ring is 1. The maximum atomic E-state index is 12.4. The van der Waals surface area contributed by atoms with Crippen LogP contribution in [0.3, 0.4) is 0 Å². The minimum Gasteiger partial charge on any atom is -0.399 e. The molecule has 0 aromatic heterocycles. The summed E-state index contributed by atoms with van der Waals surface area (Å²) >= 11 is 0. The van der Waals surface area contributed by atoms with Gasteiger partial charge in [-0.05, 0) is 43.5 Å². The Kier molecular flexibility index (Phi) is 4.40. The van der Waals surface area contributed by atoms with E-state index in [2.05, 4.69) is 0 Å². The summed E-state index contributed by atoms with van der Waals surface area (Å²) in [6.45, 7) is 7.72. The van der Waals surface area contributed by atoms with Crippen LogP contribution in [-0.4, -0.2) is 25.8 Å². The van der Waals surface area contributed by atoms with Gasteiger partial charge in [-0.2, -0.15) is 4.31 Å². The van der Waals surface area contributed by atoms with Gasteiger partial charge in [-0.15, -0.1) is 0 Å². The van der Waals surface area contributed by atoms with Crippen LogP contribution in [0.1, 0.15) is 26.3 Å². The van der Waals surface area contributed by atoms with Crippen molar-refractivity contribution < 1.29 is 8.42 Å². The van der Waals surface area contributed by atoms with E-state index < -0.39 is 10.0 Å². The third-order valence-corrected chi connectivity index (χ3v) is 5.40. The number of nitrogens with two attached hydrogens (primary N) is 1. The number of hydrogen-bond donors (Lipinski definition) is 1. The fourth-order valence-electron chi connectivity index (χ4n) is 1.61. The first-order valence-corrected chi connectivity index (χ1v) is 7.46. The van der Waals surface area contributed by atoms with Crippen LogP contribution in [0.2, 0.25) is 0 Å². The second-order valence-electron chi connectivity index (χ2n) is 5.02. The van der Waals surface area contributed by atoms with Crippen molar-refractivity contribution >= 4 is 15.7 Å². The first-order valence-electron chi connectivity index (χ1n) is 6.02. The molecule has 1 aromatic carbocycles. The fourth-order valence-corrected chi connectivity index (χ4v) is 3.19. The third-order valence-electron chi connectivity index (χ3n) is 3.46. The largest absolute Gasteiger partial charge is 0.399 e. The van der Waals surface area contributed by atoms with E-state index in [1.165, 1.54) is 4.31 Å². The average Bonchev–Trinajstić information content (AvgIpc) is 2.30. The number of benzene rings is 1. The van der Waals surface area contributed by atoms with Crippen LogP contribution in [0.5, 0.6) is 0 Å². The molecule has 0 spiro atoms. The Labute approximate surface area is 110 Å². The lowest BCUT2D eigenvalue weighted by Crippen LogP contribution is -2.38. The lowest BCUT2D eigenvalue weighted by molar-refractivity contribution is 0.316. The number of rotatable bonds is 4. The highest BCUT2D eigenvalue weighted by Crippen LogP contribution is 2.22. The Hall–Kier alpha value is -1.07. The Bertz CT molecular complexity index is 524. The summed E-state index contributed by atoms with van der Waals surface area (Å²) in [5.41, 5.74) is 7.09. The zero-order valence-corrected chi connectivity index (χ0v) is 12.5. The third kappa shape index (κ3) is 2.84. The van der Waals surface area contributed by atoms with Crippen molar-refractivity contribution in [2.24, 2.45) is 5.92 Å². The van der Waals surface area contributed by atoms with Crippen LogP contribution in [0.15, 0.2) is 23.1 Å². The van der Waals surface area contributed by atoms with Gasteiger partial charge >= 0.3 is 0 Å². The van der Waals surface area contributed by atoms with E-state index in [1.807, 2.05) is 20.8 Å². The molecule has 2 N–H and O–H groups in total. The molecule has 1 atom stereocenters. The number of anilines is 1. The van der Waals surface area contributed by atoms with Gasteiger partial charge in [0.15, 0.2) is 0 Å². The Balaban J connectivity index is 3.17. The molecule has 0 bridgehead atoms. The maximum Gasteiger partial charge on any atom is 0.243 e. The van der Waals surface area contributed by atoms with Gasteiger partial charge in [0.2, 0.25) is 10.0 Å². The van der Waals surface area contributed by atoms with Crippen LogP contribution in [0.4, 0.5) is 5.69 Å². The molecule has 0 aliphatic rings. The monoisotopic (exact) mass is 270 g/mol. The minimum atomic E-state index is -3.44. The Morgan fingerprint density at radius 1 is 1.22 bits per heavy atom. The van der Waals surface area contributed by atoms with Gasteiger partial charge < -0.3 is 5.73 Å². The molecule has 18 heavy (non-hydrogen) atoms. The van der Waals surface area contributed by atoms with Gasteiger partial charge in [0, 0.05) is 18.8 Å². The molecule has 0 aliphatic carbocycles. The molecule has 1 unspecified atom stereocenters. The molecule has 0 amide bonds. The summed E-state index contributed by atoms with van der Waals surface area (Å²) in [4.78, 5) is 0.296. The molecule has 1 aromatic rings. The van der Waals surface area contributed by atoms with Crippen LogP contribution < -0.4 is 5.73 Å². The summed E-state index contributed by atoms with van der Waals surface area (Å²) < 4.78 is 26.3. The van der Waals surface area contributed by atoms with Gasteiger partial charge in [0.1, 0.15) is 0 Å². The Morgan fingerprint density at radius 3 is 2.22 bits per heavy atom. The summed E-state index contributed by atoms with van der Waals surface area (Å²) in [6.07, 6.45) is 0. The molecule has 4 nitrogen and oxygen atoms in total. The second kappa shape index (κ2) is 5.28. The number of sulfonamides is 1. The van der Waals surface area contributed by atoms with Gasteiger partial charge in [0.05, 0.1) is 4.90 Å².